The zero-order valence-corrected chi connectivity index (χ0v) is 13.4. The molecule has 0 spiro atoms. The molecular weight excluding hydrogens is 289 g/mol. The number of rotatable bonds is 5. The van der Waals surface area contributed by atoms with Crippen molar-refractivity contribution in [1.82, 2.24) is 0 Å². The Kier molecular flexibility index (Phi) is 4.65. The second-order valence-corrected chi connectivity index (χ2v) is 5.88. The third kappa shape index (κ3) is 3.39. The van der Waals surface area contributed by atoms with Gasteiger partial charge in [-0.2, -0.15) is 0 Å². The monoisotopic (exact) mass is 311 g/mol. The van der Waals surface area contributed by atoms with Crippen molar-refractivity contribution in [3.05, 3.63) is 70.8 Å². The predicted molar refractivity (Wildman–Crippen MR) is 91.8 cm³/mol. The second kappa shape index (κ2) is 6.86. The lowest BCUT2D eigenvalue weighted by molar-refractivity contribution is 0.304. The average Bonchev–Trinajstić information content (AvgIpc) is 2.60. The minimum Gasteiger partial charge on any atom is -0.489 e. The smallest absolute Gasteiger partial charge is 0.125 e. The van der Waals surface area contributed by atoms with Crippen LogP contribution in [0.4, 0.5) is 4.39 Å². The molecule has 0 amide bonds. The zero-order chi connectivity index (χ0) is 16.2. The summed E-state index contributed by atoms with van der Waals surface area (Å²) in [6.07, 6.45) is 3.67. The fourth-order valence-corrected chi connectivity index (χ4v) is 3.01. The Morgan fingerprint density at radius 2 is 1.96 bits per heavy atom. The maximum absolute atomic E-state index is 13.6. The molecule has 1 aliphatic carbocycles. The van der Waals surface area contributed by atoms with Gasteiger partial charge in [-0.3, -0.25) is 0 Å². The van der Waals surface area contributed by atoms with Crippen molar-refractivity contribution in [2.24, 2.45) is 5.73 Å². The second-order valence-electron chi connectivity index (χ2n) is 5.88. The number of nitrogens with two attached hydrogens (primary N) is 1. The highest BCUT2D eigenvalue weighted by molar-refractivity contribution is 5.70. The standard InChI is InChI=1S/C20H22FNO/c1-2-18(21)14-9-11-17(12-10-14)23-13-16-7-3-5-15-6-4-8-19(22)20(15)16/h3,5,7-12,18H,2,4,6,13,22H2,1H3. The van der Waals surface area contributed by atoms with Crippen LogP contribution in [0.25, 0.3) is 5.70 Å². The molecule has 1 atom stereocenters. The highest BCUT2D eigenvalue weighted by atomic mass is 19.1. The van der Waals surface area contributed by atoms with Crippen molar-refractivity contribution < 1.29 is 9.13 Å². The summed E-state index contributed by atoms with van der Waals surface area (Å²) in [4.78, 5) is 0. The van der Waals surface area contributed by atoms with Crippen LogP contribution in [-0.4, -0.2) is 0 Å². The molecule has 0 aromatic heterocycles. The van der Waals surface area contributed by atoms with E-state index >= 15 is 0 Å². The highest BCUT2D eigenvalue weighted by Crippen LogP contribution is 2.28. The molecule has 1 unspecified atom stereocenters. The molecule has 1 aliphatic rings. The summed E-state index contributed by atoms with van der Waals surface area (Å²) >= 11 is 0. The Labute approximate surface area is 136 Å². The van der Waals surface area contributed by atoms with Gasteiger partial charge in [-0.25, -0.2) is 4.39 Å². The summed E-state index contributed by atoms with van der Waals surface area (Å²) in [6.45, 7) is 2.30. The SMILES string of the molecule is CCC(F)c1ccc(OCc2cccc3c2C(N)=CCC3)cc1. The van der Waals surface area contributed by atoms with Crippen LogP contribution in [0.2, 0.25) is 0 Å². The molecule has 0 fully saturated rings. The molecule has 2 aromatic carbocycles. The third-order valence-electron chi connectivity index (χ3n) is 4.30. The van der Waals surface area contributed by atoms with E-state index < -0.39 is 6.17 Å². The number of ether oxygens (including phenoxy) is 1. The number of allylic oxidation sites excluding steroid dienone is 1. The summed E-state index contributed by atoms with van der Waals surface area (Å²) in [5, 5.41) is 0. The fourth-order valence-electron chi connectivity index (χ4n) is 3.01. The molecule has 2 nitrogen and oxygen atoms in total. The number of halogens is 1. The first-order valence-corrected chi connectivity index (χ1v) is 8.12. The summed E-state index contributed by atoms with van der Waals surface area (Å²) in [7, 11) is 0. The molecule has 0 heterocycles. The van der Waals surface area contributed by atoms with Crippen molar-refractivity contribution >= 4 is 5.70 Å². The first-order valence-electron chi connectivity index (χ1n) is 8.12. The molecule has 0 saturated heterocycles. The molecular formula is C20H22FNO. The molecule has 2 N–H and O–H groups in total. The van der Waals surface area contributed by atoms with Crippen LogP contribution >= 0.6 is 0 Å². The lowest BCUT2D eigenvalue weighted by atomic mass is 9.91. The van der Waals surface area contributed by atoms with E-state index in [1.165, 1.54) is 5.56 Å². The Bertz CT molecular complexity index is 706. The van der Waals surface area contributed by atoms with Gasteiger partial charge in [0.2, 0.25) is 0 Å². The topological polar surface area (TPSA) is 35.2 Å². The Hall–Kier alpha value is -2.29. The van der Waals surface area contributed by atoms with Crippen LogP contribution in [0.1, 0.15) is 48.2 Å². The number of hydrogen-bond acceptors (Lipinski definition) is 2. The number of benzene rings is 2. The molecule has 2 aromatic rings. The van der Waals surface area contributed by atoms with Crippen molar-refractivity contribution in [3.63, 3.8) is 0 Å². The van der Waals surface area contributed by atoms with E-state index in [0.717, 1.165) is 35.4 Å². The molecule has 0 saturated carbocycles. The van der Waals surface area contributed by atoms with Gasteiger partial charge in [-0.15, -0.1) is 0 Å². The summed E-state index contributed by atoms with van der Waals surface area (Å²) in [5.41, 5.74) is 11.2. The number of hydrogen-bond donors (Lipinski definition) is 1. The van der Waals surface area contributed by atoms with Gasteiger partial charge < -0.3 is 10.5 Å². The largest absolute Gasteiger partial charge is 0.489 e. The maximum Gasteiger partial charge on any atom is 0.125 e. The lowest BCUT2D eigenvalue weighted by Crippen LogP contribution is -2.11. The van der Waals surface area contributed by atoms with E-state index in [9.17, 15) is 4.39 Å². The molecule has 3 heteroatoms. The van der Waals surface area contributed by atoms with Crippen LogP contribution in [0, 0.1) is 0 Å². The average molecular weight is 311 g/mol. The quantitative estimate of drug-likeness (QED) is 0.849. The number of alkyl halides is 1. The van der Waals surface area contributed by atoms with Crippen molar-refractivity contribution in [3.8, 4) is 5.75 Å². The molecule has 120 valence electrons. The molecule has 3 rings (SSSR count). The van der Waals surface area contributed by atoms with Crippen LogP contribution in [-0.2, 0) is 13.0 Å². The van der Waals surface area contributed by atoms with Crippen LogP contribution in [0.3, 0.4) is 0 Å². The summed E-state index contributed by atoms with van der Waals surface area (Å²) in [5.74, 6) is 0.744. The number of aryl methyl sites for hydroxylation is 1. The van der Waals surface area contributed by atoms with E-state index in [4.69, 9.17) is 10.5 Å². The molecule has 0 aliphatic heterocycles. The van der Waals surface area contributed by atoms with Gasteiger partial charge >= 0.3 is 0 Å². The van der Waals surface area contributed by atoms with Crippen LogP contribution in [0.15, 0.2) is 48.5 Å². The van der Waals surface area contributed by atoms with E-state index in [2.05, 4.69) is 12.1 Å². The van der Waals surface area contributed by atoms with Gasteiger partial charge in [0.1, 0.15) is 18.5 Å². The van der Waals surface area contributed by atoms with E-state index in [1.807, 2.05) is 31.2 Å². The Morgan fingerprint density at radius 3 is 2.70 bits per heavy atom. The Balaban J connectivity index is 1.73. The molecule has 0 radical (unpaired) electrons. The van der Waals surface area contributed by atoms with Gasteiger partial charge in [0.05, 0.1) is 0 Å². The zero-order valence-electron chi connectivity index (χ0n) is 13.4. The predicted octanol–water partition coefficient (Wildman–Crippen LogP) is 4.93. The first kappa shape index (κ1) is 15.6. The Morgan fingerprint density at radius 1 is 1.17 bits per heavy atom. The molecule has 23 heavy (non-hydrogen) atoms. The molecule has 0 bridgehead atoms. The lowest BCUT2D eigenvalue weighted by Gasteiger charge is -2.19. The maximum atomic E-state index is 13.6. The van der Waals surface area contributed by atoms with Crippen molar-refractivity contribution in [2.75, 3.05) is 0 Å². The van der Waals surface area contributed by atoms with Gasteiger partial charge in [-0.1, -0.05) is 43.3 Å². The highest BCUT2D eigenvalue weighted by Gasteiger charge is 2.14. The van der Waals surface area contributed by atoms with Crippen LogP contribution in [0.5, 0.6) is 5.75 Å². The van der Waals surface area contributed by atoms with E-state index in [-0.39, 0.29) is 0 Å². The minimum absolute atomic E-state index is 0.462. The van der Waals surface area contributed by atoms with Gasteiger partial charge in [-0.05, 0) is 48.1 Å². The first-order chi connectivity index (χ1) is 11.2. The minimum atomic E-state index is -0.907. The third-order valence-corrected chi connectivity index (χ3v) is 4.30. The van der Waals surface area contributed by atoms with E-state index in [0.29, 0.717) is 18.6 Å². The van der Waals surface area contributed by atoms with Crippen molar-refractivity contribution in [1.29, 1.82) is 0 Å². The van der Waals surface area contributed by atoms with Gasteiger partial charge in [0, 0.05) is 11.3 Å². The van der Waals surface area contributed by atoms with Crippen LogP contribution < -0.4 is 10.5 Å². The van der Waals surface area contributed by atoms with Crippen molar-refractivity contribution in [2.45, 2.75) is 39.0 Å². The fraction of sp³-hybridized carbons (Fsp3) is 0.300. The van der Waals surface area contributed by atoms with Gasteiger partial charge in [0.15, 0.2) is 0 Å². The normalized spacial score (nSPS) is 14.8. The summed E-state index contributed by atoms with van der Waals surface area (Å²) < 4.78 is 19.5. The number of fused-ring (bicyclic) bond motifs is 1. The summed E-state index contributed by atoms with van der Waals surface area (Å²) in [6, 6.07) is 13.5. The van der Waals surface area contributed by atoms with Gasteiger partial charge in [0.25, 0.3) is 0 Å². The van der Waals surface area contributed by atoms with E-state index in [1.54, 1.807) is 12.1 Å².